The van der Waals surface area contributed by atoms with Gasteiger partial charge in [0, 0.05) is 25.0 Å². The van der Waals surface area contributed by atoms with Crippen LogP contribution < -0.4 is 4.90 Å². The van der Waals surface area contributed by atoms with E-state index < -0.39 is 0 Å². The Morgan fingerprint density at radius 1 is 1.38 bits per heavy atom. The first kappa shape index (κ1) is 13.3. The van der Waals surface area contributed by atoms with Crippen molar-refractivity contribution in [2.75, 3.05) is 18.5 Å². The molecule has 0 heterocycles. The molecule has 0 aliphatic rings. The highest BCUT2D eigenvalue weighted by atomic mass is 35.5. The maximum atomic E-state index is 10.8. The van der Waals surface area contributed by atoms with E-state index in [9.17, 15) is 4.79 Å². The predicted molar refractivity (Wildman–Crippen MR) is 69.6 cm³/mol. The number of rotatable bonds is 5. The lowest BCUT2D eigenvalue weighted by molar-refractivity contribution is -0.117. The zero-order valence-corrected chi connectivity index (χ0v) is 11.0. The van der Waals surface area contributed by atoms with Crippen LogP contribution in [0, 0.1) is 0 Å². The van der Waals surface area contributed by atoms with Crippen LogP contribution in [0.1, 0.15) is 19.8 Å². The Hall–Kier alpha value is -0.730. The third-order valence-corrected chi connectivity index (χ3v) is 2.88. The molecule has 0 amide bonds. The molecular formula is C12H15Cl2NO. The number of anilines is 1. The van der Waals surface area contributed by atoms with Crippen molar-refractivity contribution in [1.82, 2.24) is 0 Å². The van der Waals surface area contributed by atoms with Gasteiger partial charge in [-0.05, 0) is 31.5 Å². The molecule has 0 bridgehead atoms. The summed E-state index contributed by atoms with van der Waals surface area (Å²) in [6.07, 6.45) is 1.44. The molecule has 0 saturated carbocycles. The lowest BCUT2D eigenvalue weighted by Crippen LogP contribution is -2.19. The van der Waals surface area contributed by atoms with Crippen LogP contribution in [0.2, 0.25) is 10.0 Å². The fourth-order valence-corrected chi connectivity index (χ4v) is 2.03. The zero-order valence-electron chi connectivity index (χ0n) is 9.46. The SMILES string of the molecule is CC(=O)CCCN(C)c1ccc(Cl)cc1Cl. The Kier molecular flexibility index (Phi) is 5.10. The molecule has 0 spiro atoms. The van der Waals surface area contributed by atoms with Gasteiger partial charge in [0.1, 0.15) is 5.78 Å². The van der Waals surface area contributed by atoms with Gasteiger partial charge < -0.3 is 9.69 Å². The van der Waals surface area contributed by atoms with Crippen molar-refractivity contribution in [3.05, 3.63) is 28.2 Å². The van der Waals surface area contributed by atoms with Gasteiger partial charge in [-0.1, -0.05) is 23.2 Å². The minimum absolute atomic E-state index is 0.218. The number of hydrogen-bond donors (Lipinski definition) is 0. The van der Waals surface area contributed by atoms with Crippen molar-refractivity contribution < 1.29 is 4.79 Å². The number of carbonyl (C=O) groups is 1. The fourth-order valence-electron chi connectivity index (χ4n) is 1.48. The Bertz CT molecular complexity index is 379. The second-order valence-electron chi connectivity index (χ2n) is 3.82. The van der Waals surface area contributed by atoms with Crippen molar-refractivity contribution in [3.63, 3.8) is 0 Å². The molecule has 0 radical (unpaired) electrons. The van der Waals surface area contributed by atoms with E-state index >= 15 is 0 Å². The fraction of sp³-hybridized carbons (Fsp3) is 0.417. The first-order valence-corrected chi connectivity index (χ1v) is 5.92. The summed E-state index contributed by atoms with van der Waals surface area (Å²) in [6.45, 7) is 2.41. The van der Waals surface area contributed by atoms with Crippen LogP contribution in [-0.4, -0.2) is 19.4 Å². The van der Waals surface area contributed by atoms with E-state index in [1.807, 2.05) is 24.1 Å². The van der Waals surface area contributed by atoms with Crippen LogP contribution >= 0.6 is 23.2 Å². The van der Waals surface area contributed by atoms with E-state index in [2.05, 4.69) is 0 Å². The second-order valence-corrected chi connectivity index (χ2v) is 4.67. The van der Waals surface area contributed by atoms with E-state index in [1.165, 1.54) is 0 Å². The molecule has 0 aliphatic heterocycles. The summed E-state index contributed by atoms with van der Waals surface area (Å²) in [5.74, 6) is 0.218. The van der Waals surface area contributed by atoms with Crippen molar-refractivity contribution in [1.29, 1.82) is 0 Å². The maximum absolute atomic E-state index is 10.8. The van der Waals surface area contributed by atoms with E-state index in [1.54, 1.807) is 13.0 Å². The van der Waals surface area contributed by atoms with Gasteiger partial charge in [0.2, 0.25) is 0 Å². The number of Topliss-reactive ketones (excluding diaryl/α,β-unsaturated/α-hetero) is 1. The number of benzene rings is 1. The number of ketones is 1. The van der Waals surface area contributed by atoms with Gasteiger partial charge in [-0.25, -0.2) is 0 Å². The number of hydrogen-bond acceptors (Lipinski definition) is 2. The van der Waals surface area contributed by atoms with Gasteiger partial charge in [-0.3, -0.25) is 0 Å². The Labute approximate surface area is 106 Å². The monoisotopic (exact) mass is 259 g/mol. The molecule has 0 aromatic heterocycles. The van der Waals surface area contributed by atoms with Crippen LogP contribution in [0.5, 0.6) is 0 Å². The summed E-state index contributed by atoms with van der Waals surface area (Å²) < 4.78 is 0. The molecule has 4 heteroatoms. The lowest BCUT2D eigenvalue weighted by Gasteiger charge is -2.20. The molecule has 0 aliphatic carbocycles. The summed E-state index contributed by atoms with van der Waals surface area (Å²) in [6, 6.07) is 5.42. The molecule has 88 valence electrons. The summed E-state index contributed by atoms with van der Waals surface area (Å²) in [4.78, 5) is 12.8. The van der Waals surface area contributed by atoms with Crippen molar-refractivity contribution in [3.8, 4) is 0 Å². The average molecular weight is 260 g/mol. The van der Waals surface area contributed by atoms with E-state index in [4.69, 9.17) is 23.2 Å². The van der Waals surface area contributed by atoms with Crippen molar-refractivity contribution >= 4 is 34.7 Å². The van der Waals surface area contributed by atoms with Gasteiger partial charge in [0.05, 0.1) is 10.7 Å². The minimum Gasteiger partial charge on any atom is -0.373 e. The summed E-state index contributed by atoms with van der Waals surface area (Å²) in [5.41, 5.74) is 0.939. The van der Waals surface area contributed by atoms with E-state index in [0.717, 1.165) is 18.7 Å². The molecule has 2 nitrogen and oxygen atoms in total. The van der Waals surface area contributed by atoms with Crippen molar-refractivity contribution in [2.45, 2.75) is 19.8 Å². The molecule has 0 unspecified atom stereocenters. The number of carbonyl (C=O) groups excluding carboxylic acids is 1. The van der Waals surface area contributed by atoms with Crippen LogP contribution in [0.4, 0.5) is 5.69 Å². The van der Waals surface area contributed by atoms with Gasteiger partial charge >= 0.3 is 0 Å². The summed E-state index contributed by atoms with van der Waals surface area (Å²) in [5, 5.41) is 1.27. The molecule has 16 heavy (non-hydrogen) atoms. The first-order valence-electron chi connectivity index (χ1n) is 5.16. The Morgan fingerprint density at radius 3 is 2.62 bits per heavy atom. The highest BCUT2D eigenvalue weighted by molar-refractivity contribution is 6.36. The Balaban J connectivity index is 2.58. The molecule has 0 atom stereocenters. The van der Waals surface area contributed by atoms with Crippen LogP contribution in [0.3, 0.4) is 0 Å². The van der Waals surface area contributed by atoms with E-state index in [-0.39, 0.29) is 5.78 Å². The van der Waals surface area contributed by atoms with Crippen LogP contribution in [0.25, 0.3) is 0 Å². The second kappa shape index (κ2) is 6.12. The quantitative estimate of drug-likeness (QED) is 0.802. The molecule has 0 saturated heterocycles. The zero-order chi connectivity index (χ0) is 12.1. The Morgan fingerprint density at radius 2 is 2.06 bits per heavy atom. The minimum atomic E-state index is 0.218. The molecule has 0 N–H and O–H groups in total. The first-order chi connectivity index (χ1) is 7.50. The standard InChI is InChI=1S/C12H15Cl2NO/c1-9(16)4-3-7-15(2)12-6-5-10(13)8-11(12)14/h5-6,8H,3-4,7H2,1-2H3. The van der Waals surface area contributed by atoms with Crippen LogP contribution in [-0.2, 0) is 4.79 Å². The molecule has 1 aromatic carbocycles. The summed E-state index contributed by atoms with van der Waals surface area (Å²) in [7, 11) is 1.95. The van der Waals surface area contributed by atoms with Gasteiger partial charge in [0.15, 0.2) is 0 Å². The normalized spacial score (nSPS) is 10.2. The number of nitrogens with zero attached hydrogens (tertiary/aromatic N) is 1. The molecule has 1 aromatic rings. The third-order valence-electron chi connectivity index (χ3n) is 2.34. The smallest absolute Gasteiger partial charge is 0.129 e. The average Bonchev–Trinajstić information content (AvgIpc) is 2.16. The highest BCUT2D eigenvalue weighted by Gasteiger charge is 2.06. The highest BCUT2D eigenvalue weighted by Crippen LogP contribution is 2.28. The largest absolute Gasteiger partial charge is 0.373 e. The third kappa shape index (κ3) is 4.03. The maximum Gasteiger partial charge on any atom is 0.129 e. The van der Waals surface area contributed by atoms with E-state index in [0.29, 0.717) is 16.5 Å². The van der Waals surface area contributed by atoms with Gasteiger partial charge in [0.25, 0.3) is 0 Å². The van der Waals surface area contributed by atoms with Crippen LogP contribution in [0.15, 0.2) is 18.2 Å². The van der Waals surface area contributed by atoms with Gasteiger partial charge in [-0.15, -0.1) is 0 Å². The predicted octanol–water partition coefficient (Wildman–Crippen LogP) is 3.80. The number of halogens is 2. The topological polar surface area (TPSA) is 20.3 Å². The lowest BCUT2D eigenvalue weighted by atomic mass is 10.2. The molecule has 0 fully saturated rings. The van der Waals surface area contributed by atoms with Gasteiger partial charge in [-0.2, -0.15) is 0 Å². The summed E-state index contributed by atoms with van der Waals surface area (Å²) >= 11 is 11.9. The van der Waals surface area contributed by atoms with Crippen molar-refractivity contribution in [2.24, 2.45) is 0 Å². The molecule has 1 rings (SSSR count). The molecular weight excluding hydrogens is 245 g/mol.